The zero-order chi connectivity index (χ0) is 18.1. The zero-order valence-corrected chi connectivity index (χ0v) is 15.5. The summed E-state index contributed by atoms with van der Waals surface area (Å²) in [5.41, 5.74) is 0.720. The normalized spacial score (nSPS) is 20.0. The largest absolute Gasteiger partial charge is 0.342 e. The molecule has 5 heteroatoms. The molecule has 1 aromatic carbocycles. The first kappa shape index (κ1) is 17.8. The highest BCUT2D eigenvalue weighted by atomic mass is 16.2. The smallest absolute Gasteiger partial charge is 0.247 e. The number of likely N-dealkylation sites (tertiary alicyclic amines) is 1. The van der Waals surface area contributed by atoms with E-state index in [1.165, 1.54) is 0 Å². The van der Waals surface area contributed by atoms with E-state index in [4.69, 9.17) is 0 Å². The van der Waals surface area contributed by atoms with E-state index >= 15 is 0 Å². The van der Waals surface area contributed by atoms with Crippen LogP contribution in [0.15, 0.2) is 30.3 Å². The summed E-state index contributed by atoms with van der Waals surface area (Å²) in [6, 6.07) is 10.1. The van der Waals surface area contributed by atoms with E-state index in [1.807, 2.05) is 35.2 Å². The van der Waals surface area contributed by atoms with E-state index < -0.39 is 5.54 Å². The second-order valence-corrected chi connectivity index (χ2v) is 8.40. The molecular formula is C20H29N3O2. The predicted molar refractivity (Wildman–Crippen MR) is 99.2 cm³/mol. The van der Waals surface area contributed by atoms with E-state index in [0.717, 1.165) is 12.1 Å². The van der Waals surface area contributed by atoms with Crippen LogP contribution >= 0.6 is 0 Å². The number of nitrogens with one attached hydrogen (secondary N) is 1. The first-order chi connectivity index (χ1) is 11.8. The Labute approximate surface area is 150 Å². The van der Waals surface area contributed by atoms with Crippen LogP contribution in [0.1, 0.15) is 46.5 Å². The second kappa shape index (κ2) is 6.70. The standard InChI is InChI=1S/C20H29N3O2/c1-19(2,3)10-9-17(24)22-13-11-20(12-14-22)18(25)21-15-23(20)16-7-5-4-6-8-16/h4-8H,9-15H2,1-3H3,(H,21,25). The molecule has 0 atom stereocenters. The van der Waals surface area contributed by atoms with Gasteiger partial charge < -0.3 is 15.1 Å². The lowest BCUT2D eigenvalue weighted by Crippen LogP contribution is -2.57. The van der Waals surface area contributed by atoms with Crippen LogP contribution in [0.4, 0.5) is 5.69 Å². The van der Waals surface area contributed by atoms with Crippen molar-refractivity contribution < 1.29 is 9.59 Å². The maximum Gasteiger partial charge on any atom is 0.247 e. The minimum atomic E-state index is -0.512. The van der Waals surface area contributed by atoms with E-state index in [2.05, 4.69) is 31.0 Å². The summed E-state index contributed by atoms with van der Waals surface area (Å²) in [6.45, 7) is 8.32. The molecule has 5 nitrogen and oxygen atoms in total. The topological polar surface area (TPSA) is 52.7 Å². The minimum absolute atomic E-state index is 0.0955. The van der Waals surface area contributed by atoms with Crippen molar-refractivity contribution in [1.82, 2.24) is 10.2 Å². The van der Waals surface area contributed by atoms with E-state index in [1.54, 1.807) is 0 Å². The minimum Gasteiger partial charge on any atom is -0.342 e. The lowest BCUT2D eigenvalue weighted by atomic mass is 9.85. The maximum atomic E-state index is 12.6. The number of rotatable bonds is 3. The molecule has 2 heterocycles. The average molecular weight is 343 g/mol. The number of carbonyl (C=O) groups excluding carboxylic acids is 2. The Bertz CT molecular complexity index is 628. The molecule has 1 spiro atoms. The molecule has 0 aliphatic carbocycles. The molecule has 25 heavy (non-hydrogen) atoms. The number of piperidine rings is 1. The van der Waals surface area contributed by atoms with Gasteiger partial charge in [0.15, 0.2) is 0 Å². The summed E-state index contributed by atoms with van der Waals surface area (Å²) < 4.78 is 0. The number of benzene rings is 1. The molecule has 1 N–H and O–H groups in total. The zero-order valence-electron chi connectivity index (χ0n) is 15.5. The first-order valence-corrected chi connectivity index (χ1v) is 9.21. The van der Waals surface area contributed by atoms with Crippen LogP contribution in [-0.2, 0) is 9.59 Å². The predicted octanol–water partition coefficient (Wildman–Crippen LogP) is 2.77. The molecular weight excluding hydrogens is 314 g/mol. The monoisotopic (exact) mass is 343 g/mol. The molecule has 3 rings (SSSR count). The van der Waals surface area contributed by atoms with Gasteiger partial charge in [-0.3, -0.25) is 9.59 Å². The molecule has 2 aliphatic heterocycles. The van der Waals surface area contributed by atoms with Gasteiger partial charge in [-0.2, -0.15) is 0 Å². The van der Waals surface area contributed by atoms with Crippen LogP contribution < -0.4 is 10.2 Å². The van der Waals surface area contributed by atoms with E-state index in [-0.39, 0.29) is 17.2 Å². The number of para-hydroxylation sites is 1. The molecule has 2 fully saturated rings. The molecule has 0 unspecified atom stereocenters. The lowest BCUT2D eigenvalue weighted by molar-refractivity contribution is -0.135. The Hall–Kier alpha value is -2.04. The third kappa shape index (κ3) is 3.65. The highest BCUT2D eigenvalue weighted by Gasteiger charge is 2.50. The SMILES string of the molecule is CC(C)(C)CCC(=O)N1CCC2(CC1)C(=O)NCN2c1ccccc1. The summed E-state index contributed by atoms with van der Waals surface area (Å²) >= 11 is 0. The van der Waals surface area contributed by atoms with Gasteiger partial charge in [-0.1, -0.05) is 39.0 Å². The number of anilines is 1. The molecule has 2 amide bonds. The van der Waals surface area contributed by atoms with E-state index in [9.17, 15) is 9.59 Å². The van der Waals surface area contributed by atoms with Crippen LogP contribution in [0.3, 0.4) is 0 Å². The van der Waals surface area contributed by atoms with Crippen molar-refractivity contribution in [2.75, 3.05) is 24.7 Å². The molecule has 2 aliphatic rings. The van der Waals surface area contributed by atoms with Crippen LogP contribution in [0, 0.1) is 5.41 Å². The van der Waals surface area contributed by atoms with Crippen LogP contribution in [0.2, 0.25) is 0 Å². The second-order valence-electron chi connectivity index (χ2n) is 8.40. The summed E-state index contributed by atoms with van der Waals surface area (Å²) in [7, 11) is 0. The molecule has 0 bridgehead atoms. The van der Waals surface area contributed by atoms with Crippen molar-refractivity contribution in [3.8, 4) is 0 Å². The lowest BCUT2D eigenvalue weighted by Gasteiger charge is -2.43. The van der Waals surface area contributed by atoms with Crippen molar-refractivity contribution in [3.05, 3.63) is 30.3 Å². The van der Waals surface area contributed by atoms with Crippen LogP contribution in [0.5, 0.6) is 0 Å². The van der Waals surface area contributed by atoms with Gasteiger partial charge >= 0.3 is 0 Å². The number of hydrogen-bond acceptors (Lipinski definition) is 3. The summed E-state index contributed by atoms with van der Waals surface area (Å²) in [4.78, 5) is 29.2. The van der Waals surface area contributed by atoms with Crippen molar-refractivity contribution in [1.29, 1.82) is 0 Å². The average Bonchev–Trinajstić information content (AvgIpc) is 2.90. The highest BCUT2D eigenvalue weighted by Crippen LogP contribution is 2.36. The molecule has 0 aromatic heterocycles. The van der Waals surface area contributed by atoms with Crippen molar-refractivity contribution >= 4 is 17.5 Å². The maximum absolute atomic E-state index is 12.6. The number of nitrogens with zero attached hydrogens (tertiary/aromatic N) is 2. The molecule has 0 saturated carbocycles. The Balaban J connectivity index is 1.67. The van der Waals surface area contributed by atoms with Crippen molar-refractivity contribution in [2.24, 2.45) is 5.41 Å². The van der Waals surface area contributed by atoms with E-state index in [0.29, 0.717) is 39.0 Å². The number of carbonyl (C=O) groups is 2. The van der Waals surface area contributed by atoms with Crippen LogP contribution in [0.25, 0.3) is 0 Å². The fourth-order valence-electron chi connectivity index (χ4n) is 3.80. The highest BCUT2D eigenvalue weighted by molar-refractivity contribution is 5.93. The first-order valence-electron chi connectivity index (χ1n) is 9.21. The summed E-state index contributed by atoms with van der Waals surface area (Å²) in [5.74, 6) is 0.313. The Morgan fingerprint density at radius 2 is 1.80 bits per heavy atom. The van der Waals surface area contributed by atoms with Gasteiger partial charge in [-0.05, 0) is 36.8 Å². The summed E-state index contributed by atoms with van der Waals surface area (Å²) in [6.07, 6.45) is 2.86. The Morgan fingerprint density at radius 3 is 2.40 bits per heavy atom. The fourth-order valence-corrected chi connectivity index (χ4v) is 3.80. The number of hydrogen-bond donors (Lipinski definition) is 1. The fraction of sp³-hybridized carbons (Fsp3) is 0.600. The molecule has 136 valence electrons. The van der Waals surface area contributed by atoms with Crippen LogP contribution in [-0.4, -0.2) is 42.0 Å². The Morgan fingerprint density at radius 1 is 1.16 bits per heavy atom. The third-order valence-corrected chi connectivity index (χ3v) is 5.44. The molecule has 2 saturated heterocycles. The van der Waals surface area contributed by atoms with Gasteiger partial charge in [0.1, 0.15) is 5.54 Å². The van der Waals surface area contributed by atoms with Gasteiger partial charge in [-0.25, -0.2) is 0 Å². The van der Waals surface area contributed by atoms with Gasteiger partial charge in [-0.15, -0.1) is 0 Å². The van der Waals surface area contributed by atoms with Gasteiger partial charge in [0.25, 0.3) is 0 Å². The summed E-state index contributed by atoms with van der Waals surface area (Å²) in [5, 5.41) is 3.00. The Kier molecular flexibility index (Phi) is 4.76. The molecule has 0 radical (unpaired) electrons. The van der Waals surface area contributed by atoms with Gasteiger partial charge in [0, 0.05) is 25.2 Å². The quantitative estimate of drug-likeness (QED) is 0.918. The third-order valence-electron chi connectivity index (χ3n) is 5.44. The van der Waals surface area contributed by atoms with Gasteiger partial charge in [0.2, 0.25) is 11.8 Å². The number of amides is 2. The molecule has 1 aromatic rings. The van der Waals surface area contributed by atoms with Gasteiger partial charge in [0.05, 0.1) is 6.67 Å². The van der Waals surface area contributed by atoms with Crippen molar-refractivity contribution in [3.63, 3.8) is 0 Å². The van der Waals surface area contributed by atoms with Crippen molar-refractivity contribution in [2.45, 2.75) is 52.0 Å².